The molecule has 4 rings (SSSR count). The Kier molecular flexibility index (Phi) is 8.84. The number of benzene rings is 2. The van der Waals surface area contributed by atoms with Crippen LogP contribution in [0, 0.1) is 0 Å². The third-order valence-corrected chi connectivity index (χ3v) is 6.11. The van der Waals surface area contributed by atoms with E-state index in [0.717, 1.165) is 30.5 Å². The van der Waals surface area contributed by atoms with Gasteiger partial charge in [-0.1, -0.05) is 48.5 Å². The maximum absolute atomic E-state index is 12.8. The molecule has 1 aliphatic rings. The summed E-state index contributed by atoms with van der Waals surface area (Å²) >= 11 is 0. The summed E-state index contributed by atoms with van der Waals surface area (Å²) in [5.74, 6) is -0.350. The normalized spacial score (nSPS) is 20.2. The largest absolute Gasteiger partial charge is 0.458 e. The van der Waals surface area contributed by atoms with Crippen molar-refractivity contribution in [2.75, 3.05) is 20.3 Å². The van der Waals surface area contributed by atoms with Crippen molar-refractivity contribution in [2.24, 2.45) is 0 Å². The SMILES string of the molecule is COCCOCn1nccc1C1CC(OCc2ccccc2)CCC1OC(=O)c1ccccc1. The van der Waals surface area contributed by atoms with Gasteiger partial charge in [0.2, 0.25) is 0 Å². The first kappa shape index (κ1) is 24.1. The lowest BCUT2D eigenvalue weighted by Gasteiger charge is -2.36. The van der Waals surface area contributed by atoms with Gasteiger partial charge in [-0.15, -0.1) is 0 Å². The molecule has 0 aliphatic heterocycles. The molecule has 34 heavy (non-hydrogen) atoms. The Morgan fingerprint density at radius 3 is 2.53 bits per heavy atom. The number of esters is 1. The minimum absolute atomic E-state index is 0.0456. The summed E-state index contributed by atoms with van der Waals surface area (Å²) in [6, 6.07) is 21.3. The van der Waals surface area contributed by atoms with Crippen molar-refractivity contribution < 1.29 is 23.7 Å². The van der Waals surface area contributed by atoms with Gasteiger partial charge in [0.1, 0.15) is 12.8 Å². The first-order valence-electron chi connectivity index (χ1n) is 11.7. The Labute approximate surface area is 200 Å². The number of aromatic nitrogens is 2. The van der Waals surface area contributed by atoms with Crippen molar-refractivity contribution in [1.29, 1.82) is 0 Å². The van der Waals surface area contributed by atoms with Gasteiger partial charge in [0, 0.05) is 24.9 Å². The Balaban J connectivity index is 1.47. The molecule has 0 bridgehead atoms. The molecule has 1 heterocycles. The van der Waals surface area contributed by atoms with Crippen molar-refractivity contribution in [3.05, 3.63) is 89.7 Å². The Morgan fingerprint density at radius 2 is 1.76 bits per heavy atom. The summed E-state index contributed by atoms with van der Waals surface area (Å²) in [6.07, 6.45) is 3.85. The average molecular weight is 465 g/mol. The van der Waals surface area contributed by atoms with Crippen molar-refractivity contribution in [3.63, 3.8) is 0 Å². The van der Waals surface area contributed by atoms with E-state index in [2.05, 4.69) is 17.2 Å². The summed E-state index contributed by atoms with van der Waals surface area (Å²) < 4.78 is 24.9. The maximum atomic E-state index is 12.8. The number of carbonyl (C=O) groups is 1. The van der Waals surface area contributed by atoms with Gasteiger partial charge in [-0.25, -0.2) is 9.48 Å². The van der Waals surface area contributed by atoms with Crippen LogP contribution in [-0.2, 0) is 32.3 Å². The Morgan fingerprint density at radius 1 is 1.00 bits per heavy atom. The van der Waals surface area contributed by atoms with E-state index < -0.39 is 0 Å². The van der Waals surface area contributed by atoms with Crippen LogP contribution < -0.4 is 0 Å². The molecule has 3 atom stereocenters. The number of hydrogen-bond donors (Lipinski definition) is 0. The molecule has 0 N–H and O–H groups in total. The number of ether oxygens (including phenoxy) is 4. The van der Waals surface area contributed by atoms with Crippen LogP contribution in [0.25, 0.3) is 0 Å². The maximum Gasteiger partial charge on any atom is 0.338 e. The lowest BCUT2D eigenvalue weighted by molar-refractivity contribution is -0.0384. The van der Waals surface area contributed by atoms with Gasteiger partial charge >= 0.3 is 5.97 Å². The smallest absolute Gasteiger partial charge is 0.338 e. The van der Waals surface area contributed by atoms with E-state index in [0.29, 0.717) is 32.1 Å². The number of carbonyl (C=O) groups excluding carboxylic acids is 1. The third kappa shape index (κ3) is 6.53. The predicted molar refractivity (Wildman–Crippen MR) is 127 cm³/mol. The quantitative estimate of drug-likeness (QED) is 0.306. The van der Waals surface area contributed by atoms with Crippen LogP contribution in [0.3, 0.4) is 0 Å². The van der Waals surface area contributed by atoms with E-state index in [9.17, 15) is 4.79 Å². The highest BCUT2D eigenvalue weighted by Crippen LogP contribution is 2.37. The van der Waals surface area contributed by atoms with E-state index in [4.69, 9.17) is 18.9 Å². The molecule has 0 amide bonds. The van der Waals surface area contributed by atoms with Crippen molar-refractivity contribution in [3.8, 4) is 0 Å². The van der Waals surface area contributed by atoms with Crippen LogP contribution in [-0.4, -0.2) is 48.3 Å². The van der Waals surface area contributed by atoms with Crippen LogP contribution in [0.5, 0.6) is 0 Å². The highest BCUT2D eigenvalue weighted by Gasteiger charge is 2.36. The van der Waals surface area contributed by atoms with Crippen molar-refractivity contribution in [2.45, 2.75) is 50.7 Å². The van der Waals surface area contributed by atoms with Crippen LogP contribution >= 0.6 is 0 Å². The van der Waals surface area contributed by atoms with Gasteiger partial charge in [-0.3, -0.25) is 0 Å². The molecule has 1 fully saturated rings. The van der Waals surface area contributed by atoms with E-state index in [1.165, 1.54) is 0 Å². The van der Waals surface area contributed by atoms with Crippen LogP contribution in [0.4, 0.5) is 0 Å². The molecular weight excluding hydrogens is 432 g/mol. The first-order chi connectivity index (χ1) is 16.7. The monoisotopic (exact) mass is 464 g/mol. The molecule has 3 aromatic rings. The van der Waals surface area contributed by atoms with Gasteiger partial charge in [0.05, 0.1) is 31.5 Å². The fourth-order valence-corrected chi connectivity index (χ4v) is 4.33. The molecule has 0 spiro atoms. The third-order valence-electron chi connectivity index (χ3n) is 6.11. The second kappa shape index (κ2) is 12.5. The summed E-state index contributed by atoms with van der Waals surface area (Å²) in [7, 11) is 1.64. The van der Waals surface area contributed by atoms with Crippen LogP contribution in [0.15, 0.2) is 72.9 Å². The summed E-state index contributed by atoms with van der Waals surface area (Å²) in [4.78, 5) is 12.8. The predicted octanol–water partition coefficient (Wildman–Crippen LogP) is 4.58. The first-order valence-corrected chi connectivity index (χ1v) is 11.7. The van der Waals surface area contributed by atoms with E-state index in [1.54, 1.807) is 25.4 Å². The van der Waals surface area contributed by atoms with E-state index >= 15 is 0 Å². The van der Waals surface area contributed by atoms with E-state index in [-0.39, 0.29) is 24.1 Å². The zero-order valence-electron chi connectivity index (χ0n) is 19.5. The summed E-state index contributed by atoms with van der Waals surface area (Å²) in [5, 5.41) is 4.45. The molecular formula is C27H32N2O5. The van der Waals surface area contributed by atoms with Gasteiger partial charge < -0.3 is 18.9 Å². The summed E-state index contributed by atoms with van der Waals surface area (Å²) in [5.41, 5.74) is 2.68. The number of hydrogen-bond acceptors (Lipinski definition) is 6. The minimum atomic E-state index is -0.304. The van der Waals surface area contributed by atoms with Gasteiger partial charge in [-0.2, -0.15) is 5.10 Å². The lowest BCUT2D eigenvalue weighted by Crippen LogP contribution is -2.36. The zero-order chi connectivity index (χ0) is 23.6. The van der Waals surface area contributed by atoms with Crippen molar-refractivity contribution >= 4 is 5.97 Å². The Bertz CT molecular complexity index is 1010. The highest BCUT2D eigenvalue weighted by atomic mass is 16.5. The molecule has 180 valence electrons. The number of rotatable bonds is 11. The van der Waals surface area contributed by atoms with Gasteiger partial charge in [0.25, 0.3) is 0 Å². The highest BCUT2D eigenvalue weighted by molar-refractivity contribution is 5.89. The summed E-state index contributed by atoms with van der Waals surface area (Å²) in [6.45, 7) is 1.88. The van der Waals surface area contributed by atoms with Crippen LogP contribution in [0.2, 0.25) is 0 Å². The molecule has 0 radical (unpaired) electrons. The fourth-order valence-electron chi connectivity index (χ4n) is 4.33. The average Bonchev–Trinajstić information content (AvgIpc) is 3.35. The molecule has 3 unspecified atom stereocenters. The molecule has 1 saturated carbocycles. The molecule has 7 nitrogen and oxygen atoms in total. The topological polar surface area (TPSA) is 71.8 Å². The van der Waals surface area contributed by atoms with E-state index in [1.807, 2.05) is 47.1 Å². The van der Waals surface area contributed by atoms with Crippen LogP contribution in [0.1, 0.15) is 46.8 Å². The molecule has 0 saturated heterocycles. The van der Waals surface area contributed by atoms with Gasteiger partial charge in [0.15, 0.2) is 0 Å². The van der Waals surface area contributed by atoms with Crippen molar-refractivity contribution in [1.82, 2.24) is 9.78 Å². The second-order valence-electron chi connectivity index (χ2n) is 8.43. The molecule has 1 aromatic heterocycles. The zero-order valence-corrected chi connectivity index (χ0v) is 19.5. The van der Waals surface area contributed by atoms with Gasteiger partial charge in [-0.05, 0) is 43.0 Å². The second-order valence-corrected chi connectivity index (χ2v) is 8.43. The number of nitrogens with zero attached hydrogens (tertiary/aromatic N) is 2. The molecule has 2 aromatic carbocycles. The molecule has 7 heteroatoms. The Hall–Kier alpha value is -3.00. The minimum Gasteiger partial charge on any atom is -0.458 e. The number of methoxy groups -OCH3 is 1. The lowest BCUT2D eigenvalue weighted by atomic mass is 9.82. The fraction of sp³-hybridized carbons (Fsp3) is 0.407. The standard InChI is InChI=1S/C27H32N2O5/c1-31-16-17-32-20-29-25(14-15-28-29)24-18-23(33-19-21-8-4-2-5-9-21)12-13-26(24)34-27(30)22-10-6-3-7-11-22/h2-11,14-15,23-24,26H,12-13,16-20H2,1H3. The molecule has 1 aliphatic carbocycles.